The van der Waals surface area contributed by atoms with Crippen molar-refractivity contribution in [3.05, 3.63) is 76.7 Å². The number of phenolic OH excluding ortho intramolecular Hbond substituents is 1. The lowest BCUT2D eigenvalue weighted by Crippen LogP contribution is -2.14. The van der Waals surface area contributed by atoms with Crippen LogP contribution in [0.25, 0.3) is 28.0 Å². The summed E-state index contributed by atoms with van der Waals surface area (Å²) in [7, 11) is 0. The van der Waals surface area contributed by atoms with Crippen LogP contribution in [0, 0.1) is 6.92 Å². The van der Waals surface area contributed by atoms with Crippen LogP contribution < -0.4 is 5.56 Å². The molecule has 0 saturated carbocycles. The maximum atomic E-state index is 12.5. The highest BCUT2D eigenvalue weighted by Crippen LogP contribution is 2.28. The number of aromatic hydroxyl groups is 1. The van der Waals surface area contributed by atoms with E-state index in [-0.39, 0.29) is 11.3 Å². The largest absolute Gasteiger partial charge is 0.508 e. The summed E-state index contributed by atoms with van der Waals surface area (Å²) < 4.78 is 1.46. The molecule has 5 nitrogen and oxygen atoms in total. The number of aromatic nitrogens is 3. The Morgan fingerprint density at radius 1 is 1.00 bits per heavy atom. The number of aryl methyl sites for hydroxylation is 1. The van der Waals surface area contributed by atoms with E-state index in [2.05, 4.69) is 10.1 Å². The zero-order valence-electron chi connectivity index (χ0n) is 13.0. The summed E-state index contributed by atoms with van der Waals surface area (Å²) in [6.45, 7) is 1.93. The monoisotopic (exact) mass is 317 g/mol. The molecular weight excluding hydrogens is 302 g/mol. The van der Waals surface area contributed by atoms with Gasteiger partial charge < -0.3 is 5.11 Å². The van der Waals surface area contributed by atoms with Gasteiger partial charge in [-0.15, -0.1) is 0 Å². The molecule has 0 aliphatic heterocycles. The van der Waals surface area contributed by atoms with Gasteiger partial charge in [-0.3, -0.25) is 9.89 Å². The molecule has 0 atom stereocenters. The first kappa shape index (κ1) is 14.3. The summed E-state index contributed by atoms with van der Waals surface area (Å²) in [5, 5.41) is 12.5. The lowest BCUT2D eigenvalue weighted by atomic mass is 10.1. The van der Waals surface area contributed by atoms with E-state index in [0.717, 1.165) is 22.4 Å². The van der Waals surface area contributed by atoms with Crippen LogP contribution in [0.4, 0.5) is 0 Å². The summed E-state index contributed by atoms with van der Waals surface area (Å²) in [5.41, 5.74) is 4.58. The third-order valence-electron chi connectivity index (χ3n) is 4.02. The number of phenols is 1. The van der Waals surface area contributed by atoms with Crippen molar-refractivity contribution < 1.29 is 5.11 Å². The Labute approximate surface area is 137 Å². The fraction of sp³-hybridized carbons (Fsp3) is 0.0526. The van der Waals surface area contributed by atoms with Crippen molar-refractivity contribution in [3.8, 4) is 28.1 Å². The average Bonchev–Trinajstić information content (AvgIpc) is 2.93. The van der Waals surface area contributed by atoms with Crippen LogP contribution in [-0.4, -0.2) is 19.7 Å². The number of nitrogens with one attached hydrogen (secondary N) is 1. The molecule has 0 fully saturated rings. The van der Waals surface area contributed by atoms with Crippen molar-refractivity contribution in [2.24, 2.45) is 0 Å². The number of H-pyrrole nitrogens is 1. The van der Waals surface area contributed by atoms with Crippen LogP contribution in [0.15, 0.2) is 65.5 Å². The molecule has 24 heavy (non-hydrogen) atoms. The van der Waals surface area contributed by atoms with Gasteiger partial charge in [-0.2, -0.15) is 0 Å². The fourth-order valence-corrected chi connectivity index (χ4v) is 2.88. The molecule has 0 aliphatic rings. The van der Waals surface area contributed by atoms with E-state index in [0.29, 0.717) is 11.3 Å². The molecule has 2 aromatic heterocycles. The smallest absolute Gasteiger partial charge is 0.273 e. The lowest BCUT2D eigenvalue weighted by Gasteiger charge is -2.04. The van der Waals surface area contributed by atoms with E-state index < -0.39 is 0 Å². The zero-order valence-corrected chi connectivity index (χ0v) is 13.0. The number of rotatable bonds is 2. The van der Waals surface area contributed by atoms with Crippen LogP contribution in [0.1, 0.15) is 5.69 Å². The molecule has 5 heteroatoms. The second-order valence-corrected chi connectivity index (χ2v) is 5.66. The molecule has 0 radical (unpaired) electrons. The summed E-state index contributed by atoms with van der Waals surface area (Å²) >= 11 is 0. The topological polar surface area (TPSA) is 70.4 Å². The van der Waals surface area contributed by atoms with Gasteiger partial charge in [0.05, 0.1) is 5.69 Å². The molecule has 0 bridgehead atoms. The molecule has 0 amide bonds. The highest BCUT2D eigenvalue weighted by molar-refractivity contribution is 5.81. The molecule has 118 valence electrons. The summed E-state index contributed by atoms with van der Waals surface area (Å²) in [6, 6.07) is 18.0. The van der Waals surface area contributed by atoms with Crippen LogP contribution in [0.2, 0.25) is 0 Å². The molecule has 0 spiro atoms. The van der Waals surface area contributed by atoms with Gasteiger partial charge >= 0.3 is 0 Å². The minimum absolute atomic E-state index is 0.173. The van der Waals surface area contributed by atoms with Crippen molar-refractivity contribution in [3.63, 3.8) is 0 Å². The molecule has 2 N–H and O–H groups in total. The SMILES string of the molecule is Cc1[nH]n2c(=O)cc(-c3ccc(O)cc3)nc2c1-c1ccccc1. The third kappa shape index (κ3) is 2.27. The summed E-state index contributed by atoms with van der Waals surface area (Å²) in [4.78, 5) is 17.2. The van der Waals surface area contributed by atoms with Gasteiger partial charge in [0.2, 0.25) is 0 Å². The molecular formula is C19H15N3O2. The maximum absolute atomic E-state index is 12.5. The van der Waals surface area contributed by atoms with Gasteiger partial charge in [0.15, 0.2) is 5.65 Å². The van der Waals surface area contributed by atoms with Crippen LogP contribution >= 0.6 is 0 Å². The van der Waals surface area contributed by atoms with Gasteiger partial charge in [-0.25, -0.2) is 9.50 Å². The first-order valence-electron chi connectivity index (χ1n) is 7.61. The Hall–Kier alpha value is -3.34. The van der Waals surface area contributed by atoms with E-state index in [1.54, 1.807) is 24.3 Å². The molecule has 0 unspecified atom stereocenters. The van der Waals surface area contributed by atoms with Gasteiger partial charge in [-0.1, -0.05) is 30.3 Å². The summed E-state index contributed by atoms with van der Waals surface area (Å²) in [6.07, 6.45) is 0. The molecule has 4 aromatic rings. The van der Waals surface area contributed by atoms with Crippen molar-refractivity contribution in [2.45, 2.75) is 6.92 Å². The van der Waals surface area contributed by atoms with Crippen molar-refractivity contribution >= 4 is 5.65 Å². The number of benzene rings is 2. The van der Waals surface area contributed by atoms with Gasteiger partial charge in [0, 0.05) is 22.9 Å². The number of hydrogen-bond donors (Lipinski definition) is 2. The lowest BCUT2D eigenvalue weighted by molar-refractivity contribution is 0.475. The minimum Gasteiger partial charge on any atom is -0.508 e. The Morgan fingerprint density at radius 2 is 1.71 bits per heavy atom. The highest BCUT2D eigenvalue weighted by Gasteiger charge is 2.15. The minimum atomic E-state index is -0.173. The first-order chi connectivity index (χ1) is 11.6. The second kappa shape index (κ2) is 5.38. The van der Waals surface area contributed by atoms with Crippen LogP contribution in [0.5, 0.6) is 5.75 Å². The van der Waals surface area contributed by atoms with Gasteiger partial charge in [0.25, 0.3) is 5.56 Å². The summed E-state index contributed by atoms with van der Waals surface area (Å²) in [5.74, 6) is 0.180. The maximum Gasteiger partial charge on any atom is 0.273 e. The highest BCUT2D eigenvalue weighted by atomic mass is 16.3. The molecule has 2 aromatic carbocycles. The number of aromatic amines is 1. The predicted molar refractivity (Wildman–Crippen MR) is 93.1 cm³/mol. The molecule has 0 saturated heterocycles. The Kier molecular flexibility index (Phi) is 3.20. The van der Waals surface area contributed by atoms with Crippen molar-refractivity contribution in [2.75, 3.05) is 0 Å². The van der Waals surface area contributed by atoms with E-state index in [9.17, 15) is 9.90 Å². The van der Waals surface area contributed by atoms with Crippen LogP contribution in [-0.2, 0) is 0 Å². The van der Waals surface area contributed by atoms with Crippen LogP contribution in [0.3, 0.4) is 0 Å². The second-order valence-electron chi connectivity index (χ2n) is 5.66. The van der Waals surface area contributed by atoms with E-state index in [1.807, 2.05) is 37.3 Å². The molecule has 4 rings (SSSR count). The normalized spacial score (nSPS) is 11.0. The van der Waals surface area contributed by atoms with Crippen molar-refractivity contribution in [1.29, 1.82) is 0 Å². The number of fused-ring (bicyclic) bond motifs is 1. The Morgan fingerprint density at radius 3 is 2.42 bits per heavy atom. The van der Waals surface area contributed by atoms with Gasteiger partial charge in [-0.05, 0) is 36.8 Å². The fourth-order valence-electron chi connectivity index (χ4n) is 2.88. The Balaban J connectivity index is 2.00. The van der Waals surface area contributed by atoms with E-state index in [4.69, 9.17) is 0 Å². The molecule has 0 aliphatic carbocycles. The predicted octanol–water partition coefficient (Wildman–Crippen LogP) is 3.37. The molecule has 2 heterocycles. The third-order valence-corrected chi connectivity index (χ3v) is 4.02. The average molecular weight is 317 g/mol. The standard InChI is InChI=1S/C19H15N3O2/c1-12-18(14-5-3-2-4-6-14)19-20-16(11-17(24)22(19)21-12)13-7-9-15(23)10-8-13/h2-11,21,23H,1H3. The number of nitrogens with zero attached hydrogens (tertiary/aromatic N) is 2. The first-order valence-corrected chi connectivity index (χ1v) is 7.61. The zero-order chi connectivity index (χ0) is 16.7. The van der Waals surface area contributed by atoms with Crippen molar-refractivity contribution in [1.82, 2.24) is 14.6 Å². The Bertz CT molecular complexity index is 1080. The van der Waals surface area contributed by atoms with Gasteiger partial charge in [0.1, 0.15) is 5.75 Å². The quantitative estimate of drug-likeness (QED) is 0.595. The van der Waals surface area contributed by atoms with E-state index in [1.165, 1.54) is 10.6 Å². The number of hydrogen-bond acceptors (Lipinski definition) is 3. The van der Waals surface area contributed by atoms with E-state index >= 15 is 0 Å².